The van der Waals surface area contributed by atoms with Crippen LogP contribution in [0.1, 0.15) is 25.3 Å². The van der Waals surface area contributed by atoms with Crippen LogP contribution in [0.4, 0.5) is 5.69 Å². The van der Waals surface area contributed by atoms with Crippen molar-refractivity contribution >= 4 is 33.4 Å². The number of carbonyl (C=O) groups excluding carboxylic acids is 2. The summed E-state index contributed by atoms with van der Waals surface area (Å²) in [5.74, 6) is 0.182. The molecule has 1 unspecified atom stereocenters. The molecule has 0 radical (unpaired) electrons. The first kappa shape index (κ1) is 13.6. The van der Waals surface area contributed by atoms with Crippen molar-refractivity contribution in [2.24, 2.45) is 5.92 Å². The number of nitrogens with zero attached hydrogens (tertiary/aromatic N) is 1. The van der Waals surface area contributed by atoms with Crippen molar-refractivity contribution in [1.82, 2.24) is 5.32 Å². The van der Waals surface area contributed by atoms with Crippen molar-refractivity contribution in [2.45, 2.75) is 32.2 Å². The Labute approximate surface area is 126 Å². The van der Waals surface area contributed by atoms with Gasteiger partial charge in [0, 0.05) is 10.2 Å². The van der Waals surface area contributed by atoms with Crippen molar-refractivity contribution in [3.63, 3.8) is 0 Å². The second-order valence-electron chi connectivity index (χ2n) is 5.85. The number of hydrogen-bond acceptors (Lipinski definition) is 2. The minimum Gasteiger partial charge on any atom is -0.340 e. The lowest BCUT2D eigenvalue weighted by Gasteiger charge is -2.40. The number of carbonyl (C=O) groups is 2. The zero-order chi connectivity index (χ0) is 14.5. The minimum atomic E-state index is -0.743. The average Bonchev–Trinajstić information content (AvgIpc) is 3.22. The smallest absolute Gasteiger partial charge is 0.253 e. The number of anilines is 1. The molecule has 1 saturated carbocycles. The van der Waals surface area contributed by atoms with Crippen molar-refractivity contribution in [3.05, 3.63) is 28.2 Å². The summed E-state index contributed by atoms with van der Waals surface area (Å²) in [6.07, 6.45) is 2.02. The number of halogens is 1. The Morgan fingerprint density at radius 1 is 1.35 bits per heavy atom. The van der Waals surface area contributed by atoms with Crippen LogP contribution in [0.5, 0.6) is 0 Å². The highest BCUT2D eigenvalue weighted by molar-refractivity contribution is 9.10. The zero-order valence-electron chi connectivity index (χ0n) is 11.6. The van der Waals surface area contributed by atoms with Gasteiger partial charge in [0.2, 0.25) is 5.91 Å². The summed E-state index contributed by atoms with van der Waals surface area (Å²) in [5, 5.41) is 2.89. The molecule has 1 N–H and O–H groups in total. The molecule has 2 fully saturated rings. The summed E-state index contributed by atoms with van der Waals surface area (Å²) in [6, 6.07) is 5.75. The topological polar surface area (TPSA) is 49.4 Å². The third-order valence-corrected chi connectivity index (χ3v) is 5.11. The van der Waals surface area contributed by atoms with Gasteiger partial charge in [0.25, 0.3) is 5.91 Å². The van der Waals surface area contributed by atoms with Crippen molar-refractivity contribution in [3.8, 4) is 0 Å². The largest absolute Gasteiger partial charge is 0.340 e. The molecule has 4 nitrogen and oxygen atoms in total. The quantitative estimate of drug-likeness (QED) is 0.901. The third kappa shape index (κ3) is 2.14. The van der Waals surface area contributed by atoms with Crippen LogP contribution in [-0.4, -0.2) is 23.9 Å². The Bertz CT molecular complexity index is 598. The van der Waals surface area contributed by atoms with E-state index in [0.29, 0.717) is 0 Å². The SMILES string of the molecule is Cc1ccc(N2CC(=O)NC(C)(C3CC3)C2=O)cc1Br. The molecule has 106 valence electrons. The fraction of sp³-hybridized carbons (Fsp3) is 0.467. The number of hydrogen-bond donors (Lipinski definition) is 1. The number of piperazine rings is 1. The van der Waals surface area contributed by atoms with Gasteiger partial charge in [-0.25, -0.2) is 0 Å². The number of aryl methyl sites for hydroxylation is 1. The van der Waals surface area contributed by atoms with Gasteiger partial charge in [-0.1, -0.05) is 22.0 Å². The molecule has 1 heterocycles. The van der Waals surface area contributed by atoms with E-state index in [1.54, 1.807) is 4.90 Å². The maximum Gasteiger partial charge on any atom is 0.253 e. The molecular weight excluding hydrogens is 320 g/mol. The number of rotatable bonds is 2. The zero-order valence-corrected chi connectivity index (χ0v) is 13.2. The Morgan fingerprint density at radius 2 is 2.05 bits per heavy atom. The lowest BCUT2D eigenvalue weighted by Crippen LogP contribution is -2.66. The Morgan fingerprint density at radius 3 is 2.65 bits per heavy atom. The fourth-order valence-electron chi connectivity index (χ4n) is 2.77. The van der Waals surface area contributed by atoms with Gasteiger partial charge in [0.05, 0.1) is 0 Å². The molecule has 1 aliphatic carbocycles. The second kappa shape index (κ2) is 4.58. The summed E-state index contributed by atoms with van der Waals surface area (Å²) in [7, 11) is 0. The number of benzene rings is 1. The molecule has 1 saturated heterocycles. The molecular formula is C15H17BrN2O2. The second-order valence-corrected chi connectivity index (χ2v) is 6.70. The summed E-state index contributed by atoms with van der Waals surface area (Å²) in [6.45, 7) is 3.93. The van der Waals surface area contributed by atoms with Gasteiger partial charge in [-0.2, -0.15) is 0 Å². The molecule has 3 rings (SSSR count). The predicted molar refractivity (Wildman–Crippen MR) is 80.5 cm³/mol. The number of nitrogens with one attached hydrogen (secondary N) is 1. The van der Waals surface area contributed by atoms with Crippen LogP contribution < -0.4 is 10.2 Å². The van der Waals surface area contributed by atoms with Gasteiger partial charge in [-0.3, -0.25) is 9.59 Å². The van der Waals surface area contributed by atoms with Crippen LogP contribution >= 0.6 is 15.9 Å². The predicted octanol–water partition coefficient (Wildman–Crippen LogP) is 2.39. The van der Waals surface area contributed by atoms with E-state index < -0.39 is 5.54 Å². The molecule has 1 aromatic carbocycles. The highest BCUT2D eigenvalue weighted by Crippen LogP contribution is 2.42. The van der Waals surface area contributed by atoms with Gasteiger partial charge in [-0.15, -0.1) is 0 Å². The molecule has 5 heteroatoms. The maximum atomic E-state index is 12.8. The summed E-state index contributed by atoms with van der Waals surface area (Å²) in [4.78, 5) is 26.3. The monoisotopic (exact) mass is 336 g/mol. The van der Waals surface area contributed by atoms with Crippen LogP contribution in [-0.2, 0) is 9.59 Å². The first-order chi connectivity index (χ1) is 9.41. The van der Waals surface area contributed by atoms with E-state index in [9.17, 15) is 9.59 Å². The van der Waals surface area contributed by atoms with Gasteiger partial charge in [0.1, 0.15) is 12.1 Å². The Balaban J connectivity index is 1.97. The number of amides is 2. The van der Waals surface area contributed by atoms with Crippen molar-refractivity contribution < 1.29 is 9.59 Å². The molecule has 1 aliphatic heterocycles. The Kier molecular flexibility index (Phi) is 3.12. The molecule has 2 amide bonds. The van der Waals surface area contributed by atoms with Crippen LogP contribution in [0.2, 0.25) is 0 Å². The van der Waals surface area contributed by atoms with E-state index in [1.807, 2.05) is 32.0 Å². The highest BCUT2D eigenvalue weighted by atomic mass is 79.9. The lowest BCUT2D eigenvalue weighted by molar-refractivity contribution is -0.136. The van der Waals surface area contributed by atoms with Gasteiger partial charge < -0.3 is 10.2 Å². The standard InChI is InChI=1S/C15H17BrN2O2/c1-9-3-6-11(7-12(9)16)18-8-13(19)17-15(2,14(18)20)10-4-5-10/h3,6-7,10H,4-5,8H2,1-2H3,(H,17,19). The highest BCUT2D eigenvalue weighted by Gasteiger charge is 2.52. The van der Waals surface area contributed by atoms with Gasteiger partial charge in [-0.05, 0) is 50.3 Å². The third-order valence-electron chi connectivity index (χ3n) is 4.25. The molecule has 20 heavy (non-hydrogen) atoms. The molecule has 2 aliphatic rings. The van der Waals surface area contributed by atoms with E-state index in [-0.39, 0.29) is 24.3 Å². The Hall–Kier alpha value is -1.36. The van der Waals surface area contributed by atoms with Crippen molar-refractivity contribution in [2.75, 3.05) is 11.4 Å². The van der Waals surface area contributed by atoms with E-state index in [1.165, 1.54) is 0 Å². The fourth-order valence-corrected chi connectivity index (χ4v) is 3.14. The summed E-state index contributed by atoms with van der Waals surface area (Å²) in [5.41, 5.74) is 1.13. The average molecular weight is 337 g/mol. The summed E-state index contributed by atoms with van der Waals surface area (Å²) >= 11 is 3.48. The normalized spacial score (nSPS) is 26.6. The van der Waals surface area contributed by atoms with Crippen molar-refractivity contribution in [1.29, 1.82) is 0 Å². The van der Waals surface area contributed by atoms with Gasteiger partial charge >= 0.3 is 0 Å². The minimum absolute atomic E-state index is 0.00430. The van der Waals surface area contributed by atoms with E-state index in [2.05, 4.69) is 21.2 Å². The van der Waals surface area contributed by atoms with Crippen LogP contribution in [0.15, 0.2) is 22.7 Å². The summed E-state index contributed by atoms with van der Waals surface area (Å²) < 4.78 is 0.946. The molecule has 1 aromatic rings. The first-order valence-electron chi connectivity index (χ1n) is 6.81. The van der Waals surface area contributed by atoms with E-state index >= 15 is 0 Å². The molecule has 0 aromatic heterocycles. The maximum absolute atomic E-state index is 12.8. The van der Waals surface area contributed by atoms with Crippen LogP contribution in [0.25, 0.3) is 0 Å². The van der Waals surface area contributed by atoms with Gasteiger partial charge in [0.15, 0.2) is 0 Å². The molecule has 0 spiro atoms. The lowest BCUT2D eigenvalue weighted by atomic mass is 9.91. The van der Waals surface area contributed by atoms with Crippen LogP contribution in [0, 0.1) is 12.8 Å². The van der Waals surface area contributed by atoms with E-state index in [4.69, 9.17) is 0 Å². The first-order valence-corrected chi connectivity index (χ1v) is 7.60. The molecule has 0 bridgehead atoms. The van der Waals surface area contributed by atoms with Crippen LogP contribution in [0.3, 0.4) is 0 Å². The molecule has 1 atom stereocenters. The van der Waals surface area contributed by atoms with E-state index in [0.717, 1.165) is 28.6 Å².